The Morgan fingerprint density at radius 1 is 1.50 bits per heavy atom. The molecule has 1 rings (SSSR count). The molecule has 0 radical (unpaired) electrons. The van der Waals surface area contributed by atoms with Crippen LogP contribution in [0.4, 0.5) is 0 Å². The first kappa shape index (κ1) is 7.61. The zero-order valence-electron chi connectivity index (χ0n) is 7.06. The zero-order valence-corrected chi connectivity index (χ0v) is 7.06. The number of hydrogen-bond acceptors (Lipinski definition) is 2. The first-order valence-corrected chi connectivity index (χ1v) is 3.65. The van der Waals surface area contributed by atoms with Gasteiger partial charge in [-0.3, -0.25) is 0 Å². The second-order valence-electron chi connectivity index (χ2n) is 3.79. The van der Waals surface area contributed by atoms with E-state index in [1.165, 1.54) is 0 Å². The molecule has 1 aliphatic heterocycles. The molecule has 0 saturated carbocycles. The molecular formula is C8H15NO. The highest BCUT2D eigenvalue weighted by atomic mass is 16.7. The van der Waals surface area contributed by atoms with Gasteiger partial charge in [-0.05, 0) is 13.0 Å². The van der Waals surface area contributed by atoms with E-state index in [1.54, 1.807) is 0 Å². The Kier molecular flexibility index (Phi) is 1.73. The van der Waals surface area contributed by atoms with Gasteiger partial charge < -0.3 is 4.84 Å². The van der Waals surface area contributed by atoms with E-state index in [1.807, 2.05) is 0 Å². The molecule has 1 N–H and O–H groups in total. The van der Waals surface area contributed by atoms with Crippen molar-refractivity contribution in [2.75, 3.05) is 0 Å². The Hall–Kier alpha value is -0.500. The monoisotopic (exact) mass is 141 g/mol. The predicted molar refractivity (Wildman–Crippen MR) is 41.2 cm³/mol. The van der Waals surface area contributed by atoms with Gasteiger partial charge in [0.25, 0.3) is 0 Å². The molecule has 0 aromatic rings. The highest BCUT2D eigenvalue weighted by molar-refractivity contribution is 5.09. The van der Waals surface area contributed by atoms with Gasteiger partial charge in [-0.2, -0.15) is 5.48 Å². The molecule has 2 nitrogen and oxygen atoms in total. The van der Waals surface area contributed by atoms with Gasteiger partial charge in [-0.15, -0.1) is 0 Å². The van der Waals surface area contributed by atoms with Crippen molar-refractivity contribution in [3.05, 3.63) is 11.8 Å². The molecule has 1 unspecified atom stereocenters. The number of allylic oxidation sites excluding steroid dienone is 1. The van der Waals surface area contributed by atoms with Crippen molar-refractivity contribution in [2.45, 2.75) is 33.7 Å². The SMILES string of the molecule is CC1C=C(C(C)(C)C)ON1. The summed E-state index contributed by atoms with van der Waals surface area (Å²) in [6.07, 6.45) is 2.11. The Balaban J connectivity index is 2.67. The first-order chi connectivity index (χ1) is 4.50. The van der Waals surface area contributed by atoms with Crippen LogP contribution in [0.15, 0.2) is 11.8 Å². The largest absolute Gasteiger partial charge is 0.412 e. The first-order valence-electron chi connectivity index (χ1n) is 3.65. The van der Waals surface area contributed by atoms with Crippen LogP contribution in [0.1, 0.15) is 27.7 Å². The van der Waals surface area contributed by atoms with Crippen molar-refractivity contribution in [2.24, 2.45) is 5.41 Å². The molecule has 0 spiro atoms. The maximum absolute atomic E-state index is 5.24. The Bertz CT molecular complexity index is 155. The van der Waals surface area contributed by atoms with Crippen LogP contribution in [0.25, 0.3) is 0 Å². The Morgan fingerprint density at radius 3 is 2.30 bits per heavy atom. The fraction of sp³-hybridized carbons (Fsp3) is 0.750. The van der Waals surface area contributed by atoms with Crippen molar-refractivity contribution < 1.29 is 4.84 Å². The lowest BCUT2D eigenvalue weighted by atomic mass is 9.93. The summed E-state index contributed by atoms with van der Waals surface area (Å²) < 4.78 is 0. The molecular weight excluding hydrogens is 126 g/mol. The van der Waals surface area contributed by atoms with E-state index in [4.69, 9.17) is 4.84 Å². The van der Waals surface area contributed by atoms with Gasteiger partial charge in [-0.1, -0.05) is 20.8 Å². The van der Waals surface area contributed by atoms with Gasteiger partial charge in [0, 0.05) is 5.41 Å². The van der Waals surface area contributed by atoms with Crippen LogP contribution in [0.3, 0.4) is 0 Å². The maximum Gasteiger partial charge on any atom is 0.127 e. The van der Waals surface area contributed by atoms with Gasteiger partial charge in [0.05, 0.1) is 6.04 Å². The molecule has 2 heteroatoms. The van der Waals surface area contributed by atoms with Crippen LogP contribution in [-0.4, -0.2) is 6.04 Å². The van der Waals surface area contributed by atoms with E-state index in [9.17, 15) is 0 Å². The van der Waals surface area contributed by atoms with Crippen LogP contribution in [-0.2, 0) is 4.84 Å². The second-order valence-corrected chi connectivity index (χ2v) is 3.79. The van der Waals surface area contributed by atoms with Crippen molar-refractivity contribution in [3.63, 3.8) is 0 Å². The van der Waals surface area contributed by atoms with Crippen LogP contribution < -0.4 is 5.48 Å². The quantitative estimate of drug-likeness (QED) is 0.555. The third-order valence-electron chi connectivity index (χ3n) is 1.50. The summed E-state index contributed by atoms with van der Waals surface area (Å²) in [4.78, 5) is 5.24. The van der Waals surface area contributed by atoms with Crippen molar-refractivity contribution in [1.82, 2.24) is 5.48 Å². The van der Waals surface area contributed by atoms with Crippen LogP contribution >= 0.6 is 0 Å². The summed E-state index contributed by atoms with van der Waals surface area (Å²) in [6, 6.07) is 0.356. The lowest BCUT2D eigenvalue weighted by Gasteiger charge is -2.17. The maximum atomic E-state index is 5.24. The summed E-state index contributed by atoms with van der Waals surface area (Å²) in [7, 11) is 0. The number of hydroxylamine groups is 1. The number of rotatable bonds is 0. The molecule has 0 fully saturated rings. The van der Waals surface area contributed by atoms with Crippen LogP contribution in [0, 0.1) is 5.41 Å². The van der Waals surface area contributed by atoms with Crippen LogP contribution in [0.5, 0.6) is 0 Å². The van der Waals surface area contributed by atoms with Crippen molar-refractivity contribution in [1.29, 1.82) is 0 Å². The molecule has 0 aromatic carbocycles. The summed E-state index contributed by atoms with van der Waals surface area (Å²) >= 11 is 0. The third-order valence-corrected chi connectivity index (χ3v) is 1.50. The van der Waals surface area contributed by atoms with E-state index in [-0.39, 0.29) is 5.41 Å². The van der Waals surface area contributed by atoms with Crippen LogP contribution in [0.2, 0.25) is 0 Å². The summed E-state index contributed by atoms with van der Waals surface area (Å²) in [5, 5.41) is 0. The fourth-order valence-corrected chi connectivity index (χ4v) is 0.855. The van der Waals surface area contributed by atoms with E-state index in [2.05, 4.69) is 39.3 Å². The lowest BCUT2D eigenvalue weighted by Crippen LogP contribution is -2.18. The molecule has 0 aromatic heterocycles. The van der Waals surface area contributed by atoms with Gasteiger partial charge in [-0.25, -0.2) is 0 Å². The molecule has 0 bridgehead atoms. The van der Waals surface area contributed by atoms with Crippen molar-refractivity contribution >= 4 is 0 Å². The summed E-state index contributed by atoms with van der Waals surface area (Å²) in [5.74, 6) is 1.04. The molecule has 1 aliphatic rings. The topological polar surface area (TPSA) is 21.3 Å². The van der Waals surface area contributed by atoms with Gasteiger partial charge in [0.15, 0.2) is 0 Å². The fourth-order valence-electron chi connectivity index (χ4n) is 0.855. The van der Waals surface area contributed by atoms with Gasteiger partial charge in [0.2, 0.25) is 0 Å². The average molecular weight is 141 g/mol. The van der Waals surface area contributed by atoms with E-state index >= 15 is 0 Å². The number of hydrogen-bond donors (Lipinski definition) is 1. The van der Waals surface area contributed by atoms with E-state index in [0.29, 0.717) is 6.04 Å². The minimum Gasteiger partial charge on any atom is -0.412 e. The standard InChI is InChI=1S/C8H15NO/c1-6-5-7(10-9-6)8(2,3)4/h5-6,9H,1-4H3. The molecule has 0 aliphatic carbocycles. The molecule has 10 heavy (non-hydrogen) atoms. The normalized spacial score (nSPS) is 26.0. The minimum atomic E-state index is 0.137. The highest BCUT2D eigenvalue weighted by Crippen LogP contribution is 2.28. The minimum absolute atomic E-state index is 0.137. The highest BCUT2D eigenvalue weighted by Gasteiger charge is 2.24. The molecule has 0 amide bonds. The average Bonchev–Trinajstić information content (AvgIpc) is 2.11. The third kappa shape index (κ3) is 1.51. The van der Waals surface area contributed by atoms with E-state index in [0.717, 1.165) is 5.76 Å². The summed E-state index contributed by atoms with van der Waals surface area (Å²) in [5.41, 5.74) is 3.02. The zero-order chi connectivity index (χ0) is 7.78. The molecule has 58 valence electrons. The molecule has 1 heterocycles. The lowest BCUT2D eigenvalue weighted by molar-refractivity contribution is 0.0824. The summed E-state index contributed by atoms with van der Waals surface area (Å²) in [6.45, 7) is 8.48. The Morgan fingerprint density at radius 2 is 2.10 bits per heavy atom. The predicted octanol–water partition coefficient (Wildman–Crippen LogP) is 1.84. The smallest absolute Gasteiger partial charge is 0.127 e. The second kappa shape index (κ2) is 2.27. The Labute approximate surface area is 62.2 Å². The molecule has 0 saturated heterocycles. The van der Waals surface area contributed by atoms with E-state index < -0.39 is 0 Å². The van der Waals surface area contributed by atoms with Crippen molar-refractivity contribution in [3.8, 4) is 0 Å². The van der Waals surface area contributed by atoms with Gasteiger partial charge >= 0.3 is 0 Å². The van der Waals surface area contributed by atoms with Gasteiger partial charge in [0.1, 0.15) is 5.76 Å². The molecule has 1 atom stereocenters. The number of nitrogens with one attached hydrogen (secondary N) is 1.